The van der Waals surface area contributed by atoms with Crippen LogP contribution < -0.4 is 10.9 Å². The quantitative estimate of drug-likeness (QED) is 0.575. The number of fused-ring (bicyclic) bond motifs is 1. The topological polar surface area (TPSA) is 80.4 Å². The molecule has 0 aliphatic heterocycles. The first kappa shape index (κ1) is 20.3. The van der Waals surface area contributed by atoms with Crippen LogP contribution in [0.4, 0.5) is 0 Å². The van der Waals surface area contributed by atoms with Crippen LogP contribution in [0, 0.1) is 0 Å². The second-order valence-corrected chi connectivity index (χ2v) is 7.31. The molecule has 3 aromatic rings. The summed E-state index contributed by atoms with van der Waals surface area (Å²) in [7, 11) is 0. The van der Waals surface area contributed by atoms with Gasteiger partial charge in [-0.2, -0.15) is 0 Å². The van der Waals surface area contributed by atoms with Crippen molar-refractivity contribution in [2.24, 2.45) is 0 Å². The average Bonchev–Trinajstić information content (AvgIpc) is 3.22. The molecule has 28 heavy (non-hydrogen) atoms. The fraction of sp³-hybridized carbons (Fsp3) is 0.350. The maximum absolute atomic E-state index is 12.6. The molecule has 1 amide bonds. The molecular formula is C20H23BrN4O3. The number of halogens is 1. The molecule has 0 aliphatic carbocycles. The molecule has 2 aromatic heterocycles. The summed E-state index contributed by atoms with van der Waals surface area (Å²) >= 11 is 3.36. The lowest BCUT2D eigenvalue weighted by atomic mass is 10.2. The Bertz CT molecular complexity index is 996. The van der Waals surface area contributed by atoms with Crippen LogP contribution in [0.3, 0.4) is 0 Å². The van der Waals surface area contributed by atoms with Crippen molar-refractivity contribution in [1.29, 1.82) is 0 Å². The Morgan fingerprint density at radius 1 is 1.32 bits per heavy atom. The maximum Gasteiger partial charge on any atom is 0.261 e. The lowest BCUT2D eigenvalue weighted by molar-refractivity contribution is -0.122. The number of hydrogen-bond acceptors (Lipinski definition) is 5. The van der Waals surface area contributed by atoms with Gasteiger partial charge in [0, 0.05) is 11.0 Å². The second kappa shape index (κ2) is 9.16. The summed E-state index contributed by atoms with van der Waals surface area (Å²) in [5, 5.41) is 3.39. The highest BCUT2D eigenvalue weighted by molar-refractivity contribution is 9.10. The third kappa shape index (κ3) is 4.51. The minimum Gasteiger partial charge on any atom is -0.468 e. The van der Waals surface area contributed by atoms with Crippen LogP contribution in [-0.4, -0.2) is 40.0 Å². The predicted molar refractivity (Wildman–Crippen MR) is 111 cm³/mol. The van der Waals surface area contributed by atoms with E-state index in [4.69, 9.17) is 4.42 Å². The van der Waals surface area contributed by atoms with Crippen LogP contribution in [-0.2, 0) is 11.3 Å². The average molecular weight is 447 g/mol. The largest absolute Gasteiger partial charge is 0.468 e. The van der Waals surface area contributed by atoms with Gasteiger partial charge in [-0.1, -0.05) is 29.8 Å². The van der Waals surface area contributed by atoms with Crippen LogP contribution >= 0.6 is 15.9 Å². The van der Waals surface area contributed by atoms with Crippen molar-refractivity contribution in [3.8, 4) is 0 Å². The molecule has 0 saturated heterocycles. The summed E-state index contributed by atoms with van der Waals surface area (Å²) in [4.78, 5) is 31.6. The van der Waals surface area contributed by atoms with Crippen molar-refractivity contribution in [3.63, 3.8) is 0 Å². The van der Waals surface area contributed by atoms with Crippen LogP contribution in [0.5, 0.6) is 0 Å². The summed E-state index contributed by atoms with van der Waals surface area (Å²) in [5.74, 6) is 0.556. The number of furan rings is 1. The molecule has 3 rings (SSSR count). The Kier molecular flexibility index (Phi) is 6.64. The Morgan fingerprint density at radius 3 is 2.79 bits per heavy atom. The number of nitrogens with one attached hydrogen (secondary N) is 1. The van der Waals surface area contributed by atoms with Gasteiger partial charge in [-0.15, -0.1) is 0 Å². The third-order valence-corrected chi connectivity index (χ3v) is 5.21. The number of nitrogens with zero attached hydrogens (tertiary/aromatic N) is 3. The molecule has 1 aromatic carbocycles. The smallest absolute Gasteiger partial charge is 0.261 e. The third-order valence-electron chi connectivity index (χ3n) is 4.72. The van der Waals surface area contributed by atoms with E-state index in [-0.39, 0.29) is 24.1 Å². The highest BCUT2D eigenvalue weighted by atomic mass is 79.9. The summed E-state index contributed by atoms with van der Waals surface area (Å²) in [6, 6.07) is 9.00. The molecule has 1 N–H and O–H groups in total. The van der Waals surface area contributed by atoms with Crippen LogP contribution in [0.1, 0.15) is 25.6 Å². The van der Waals surface area contributed by atoms with Crippen LogP contribution in [0.25, 0.3) is 10.9 Å². The molecule has 0 bridgehead atoms. The first-order valence-corrected chi connectivity index (χ1v) is 10.0. The molecule has 0 radical (unpaired) electrons. The van der Waals surface area contributed by atoms with Crippen molar-refractivity contribution in [2.75, 3.05) is 19.6 Å². The molecule has 0 saturated carbocycles. The minimum atomic E-state index is -0.248. The SMILES string of the molecule is CCN(CC)C(CNC(=O)Cn1cnc2ccc(Br)cc2c1=O)c1ccco1. The van der Waals surface area contributed by atoms with Gasteiger partial charge in [-0.3, -0.25) is 19.1 Å². The van der Waals surface area contributed by atoms with Gasteiger partial charge >= 0.3 is 0 Å². The minimum absolute atomic E-state index is 0.0589. The lowest BCUT2D eigenvalue weighted by Gasteiger charge is -2.28. The van der Waals surface area contributed by atoms with E-state index in [0.29, 0.717) is 17.4 Å². The zero-order chi connectivity index (χ0) is 20.1. The highest BCUT2D eigenvalue weighted by Gasteiger charge is 2.21. The number of carbonyl (C=O) groups excluding carboxylic acids is 1. The monoisotopic (exact) mass is 446 g/mol. The van der Waals surface area contributed by atoms with Gasteiger partial charge < -0.3 is 9.73 Å². The van der Waals surface area contributed by atoms with Crippen molar-refractivity contribution in [3.05, 3.63) is 63.5 Å². The van der Waals surface area contributed by atoms with Crippen molar-refractivity contribution in [2.45, 2.75) is 26.4 Å². The number of benzene rings is 1. The van der Waals surface area contributed by atoms with E-state index in [2.05, 4.69) is 45.0 Å². The lowest BCUT2D eigenvalue weighted by Crippen LogP contribution is -2.40. The molecule has 0 fully saturated rings. The van der Waals surface area contributed by atoms with Gasteiger partial charge in [0.1, 0.15) is 12.3 Å². The number of amides is 1. The number of carbonyl (C=O) groups is 1. The van der Waals surface area contributed by atoms with Gasteiger partial charge in [0.25, 0.3) is 5.56 Å². The standard InChI is InChI=1S/C20H23BrN4O3/c1-3-24(4-2)17(18-6-5-9-28-18)11-22-19(26)12-25-13-23-16-8-7-14(21)10-15(16)20(25)27/h5-10,13,17H,3-4,11-12H2,1-2H3,(H,22,26). The van der Waals surface area contributed by atoms with Gasteiger partial charge in [0.05, 0.1) is 29.5 Å². The summed E-state index contributed by atoms with van der Waals surface area (Å²) < 4.78 is 7.66. The van der Waals surface area contributed by atoms with E-state index < -0.39 is 0 Å². The van der Waals surface area contributed by atoms with E-state index in [1.807, 2.05) is 18.2 Å². The molecule has 1 unspecified atom stereocenters. The highest BCUT2D eigenvalue weighted by Crippen LogP contribution is 2.20. The molecule has 0 spiro atoms. The first-order valence-electron chi connectivity index (χ1n) is 9.22. The summed E-state index contributed by atoms with van der Waals surface area (Å²) in [5.41, 5.74) is 0.358. The molecule has 2 heterocycles. The molecular weight excluding hydrogens is 424 g/mol. The van der Waals surface area contributed by atoms with Crippen molar-refractivity contribution in [1.82, 2.24) is 19.8 Å². The van der Waals surface area contributed by atoms with E-state index in [1.165, 1.54) is 10.9 Å². The fourth-order valence-corrected chi connectivity index (χ4v) is 3.58. The van der Waals surface area contributed by atoms with E-state index in [0.717, 1.165) is 23.3 Å². The normalized spacial score (nSPS) is 12.4. The maximum atomic E-state index is 12.6. The zero-order valence-corrected chi connectivity index (χ0v) is 17.5. The number of hydrogen-bond donors (Lipinski definition) is 1. The van der Waals surface area contributed by atoms with Crippen molar-refractivity contribution >= 4 is 32.7 Å². The molecule has 7 nitrogen and oxygen atoms in total. The zero-order valence-electron chi connectivity index (χ0n) is 15.9. The Labute approximate surface area is 171 Å². The number of rotatable bonds is 8. The van der Waals surface area contributed by atoms with Crippen LogP contribution in [0.15, 0.2) is 56.6 Å². The molecule has 148 valence electrons. The first-order chi connectivity index (χ1) is 13.5. The van der Waals surface area contributed by atoms with Gasteiger partial charge in [0.2, 0.25) is 5.91 Å². The van der Waals surface area contributed by atoms with E-state index in [9.17, 15) is 9.59 Å². The Hall–Kier alpha value is -2.45. The van der Waals surface area contributed by atoms with E-state index >= 15 is 0 Å². The Balaban J connectivity index is 1.72. The molecule has 8 heteroatoms. The predicted octanol–water partition coefficient (Wildman–Crippen LogP) is 2.95. The van der Waals surface area contributed by atoms with Gasteiger partial charge in [-0.05, 0) is 43.4 Å². The Morgan fingerprint density at radius 2 is 2.11 bits per heavy atom. The van der Waals surface area contributed by atoms with Gasteiger partial charge in [-0.25, -0.2) is 4.98 Å². The van der Waals surface area contributed by atoms with Crippen LogP contribution in [0.2, 0.25) is 0 Å². The summed E-state index contributed by atoms with van der Waals surface area (Å²) in [6.07, 6.45) is 3.04. The fourth-order valence-electron chi connectivity index (χ4n) is 3.22. The molecule has 0 aliphatic rings. The second-order valence-electron chi connectivity index (χ2n) is 6.40. The van der Waals surface area contributed by atoms with E-state index in [1.54, 1.807) is 18.4 Å². The molecule has 1 atom stereocenters. The number of likely N-dealkylation sites (N-methyl/N-ethyl adjacent to an activating group) is 1. The van der Waals surface area contributed by atoms with Gasteiger partial charge in [0.15, 0.2) is 0 Å². The number of aromatic nitrogens is 2. The summed E-state index contributed by atoms with van der Waals surface area (Å²) in [6.45, 7) is 6.12. The van der Waals surface area contributed by atoms with Crippen molar-refractivity contribution < 1.29 is 9.21 Å².